The van der Waals surface area contributed by atoms with E-state index in [0.29, 0.717) is 0 Å². The molecule has 3 nitrogen and oxygen atoms in total. The first kappa shape index (κ1) is 13.1. The fraction of sp³-hybridized carbons (Fsp3) is 0.462. The summed E-state index contributed by atoms with van der Waals surface area (Å²) < 4.78 is 32.7. The molecule has 0 spiro atoms. The molecule has 2 unspecified atom stereocenters. The van der Waals surface area contributed by atoms with Crippen molar-refractivity contribution in [2.24, 2.45) is 5.92 Å². The molecule has 2 rings (SSSR count). The third-order valence-corrected chi connectivity index (χ3v) is 3.67. The maximum absolute atomic E-state index is 13.9. The molecule has 1 heterocycles. The number of carbonyl (C=O) groups excluding carboxylic acids is 1. The standard InChI is InChI=1S/C13H15F2NO2/c1-8-10(6-17)13(16-2,7-18-8)9-4-3-5-11(14)12(9)15/h3-6,8,10,16H,7H2,1-2H3/t8?,10-,13?/m1/s1. The molecule has 0 bridgehead atoms. The van der Waals surface area contributed by atoms with Crippen molar-refractivity contribution in [1.29, 1.82) is 0 Å². The Kier molecular flexibility index (Phi) is 3.45. The van der Waals surface area contributed by atoms with Gasteiger partial charge in [-0.2, -0.15) is 0 Å². The molecule has 1 aliphatic heterocycles. The number of halogens is 2. The first-order valence-corrected chi connectivity index (χ1v) is 5.77. The summed E-state index contributed by atoms with van der Waals surface area (Å²) in [6.45, 7) is 1.88. The summed E-state index contributed by atoms with van der Waals surface area (Å²) in [6.07, 6.45) is 0.399. The van der Waals surface area contributed by atoms with Crippen molar-refractivity contribution in [2.45, 2.75) is 18.6 Å². The smallest absolute Gasteiger partial charge is 0.163 e. The summed E-state index contributed by atoms with van der Waals surface area (Å²) >= 11 is 0. The SMILES string of the molecule is CNC1(c2cccc(F)c2F)COC(C)[C@H]1C=O. The minimum Gasteiger partial charge on any atom is -0.375 e. The zero-order valence-electron chi connectivity index (χ0n) is 10.2. The van der Waals surface area contributed by atoms with Crippen LogP contribution in [-0.2, 0) is 15.1 Å². The number of rotatable bonds is 3. The van der Waals surface area contributed by atoms with E-state index in [2.05, 4.69) is 5.32 Å². The van der Waals surface area contributed by atoms with Gasteiger partial charge in [-0.15, -0.1) is 0 Å². The second-order valence-corrected chi connectivity index (χ2v) is 4.50. The summed E-state index contributed by atoms with van der Waals surface area (Å²) in [5.41, 5.74) is -0.876. The van der Waals surface area contributed by atoms with Gasteiger partial charge < -0.3 is 14.8 Å². The summed E-state index contributed by atoms with van der Waals surface area (Å²) in [6, 6.07) is 3.96. The molecule has 1 aromatic rings. The lowest BCUT2D eigenvalue weighted by molar-refractivity contribution is -0.113. The number of likely N-dealkylation sites (N-methyl/N-ethyl adjacent to an activating group) is 1. The predicted molar refractivity (Wildman–Crippen MR) is 62.1 cm³/mol. The van der Waals surface area contributed by atoms with Crippen LogP contribution in [0.2, 0.25) is 0 Å². The van der Waals surface area contributed by atoms with Gasteiger partial charge in [-0.1, -0.05) is 12.1 Å². The molecule has 1 aliphatic rings. The fourth-order valence-corrected chi connectivity index (χ4v) is 2.57. The Morgan fingerprint density at radius 1 is 1.50 bits per heavy atom. The molecule has 0 amide bonds. The Labute approximate surface area is 104 Å². The van der Waals surface area contributed by atoms with Crippen LogP contribution in [0.3, 0.4) is 0 Å². The van der Waals surface area contributed by atoms with Crippen LogP contribution in [-0.4, -0.2) is 26.0 Å². The van der Waals surface area contributed by atoms with Crippen molar-refractivity contribution in [1.82, 2.24) is 5.32 Å². The summed E-state index contributed by atoms with van der Waals surface area (Å²) in [5, 5.41) is 2.93. The van der Waals surface area contributed by atoms with Crippen LogP contribution in [0.5, 0.6) is 0 Å². The maximum Gasteiger partial charge on any atom is 0.163 e. The number of carbonyl (C=O) groups is 1. The number of ether oxygens (including phenoxy) is 1. The van der Waals surface area contributed by atoms with Gasteiger partial charge in [-0.25, -0.2) is 8.78 Å². The van der Waals surface area contributed by atoms with Crippen molar-refractivity contribution in [2.75, 3.05) is 13.7 Å². The molecule has 0 radical (unpaired) electrons. The molecular weight excluding hydrogens is 240 g/mol. The topological polar surface area (TPSA) is 38.3 Å². The van der Waals surface area contributed by atoms with E-state index in [-0.39, 0.29) is 18.3 Å². The monoisotopic (exact) mass is 255 g/mol. The van der Waals surface area contributed by atoms with Gasteiger partial charge in [-0.05, 0) is 20.0 Å². The second kappa shape index (κ2) is 4.74. The van der Waals surface area contributed by atoms with Crippen LogP contribution >= 0.6 is 0 Å². The minimum atomic E-state index is -1.01. The normalized spacial score (nSPS) is 31.6. The third-order valence-electron chi connectivity index (χ3n) is 3.67. The first-order valence-electron chi connectivity index (χ1n) is 5.77. The third kappa shape index (κ3) is 1.74. The van der Waals surface area contributed by atoms with Gasteiger partial charge in [-0.3, -0.25) is 0 Å². The molecule has 1 saturated heterocycles. The van der Waals surface area contributed by atoms with Crippen LogP contribution in [0.1, 0.15) is 12.5 Å². The lowest BCUT2D eigenvalue weighted by Gasteiger charge is -2.32. The molecule has 0 saturated carbocycles. The quantitative estimate of drug-likeness (QED) is 0.834. The number of hydrogen-bond donors (Lipinski definition) is 1. The van der Waals surface area contributed by atoms with E-state index in [1.54, 1.807) is 14.0 Å². The number of aldehydes is 1. The number of benzene rings is 1. The van der Waals surface area contributed by atoms with Crippen molar-refractivity contribution in [3.05, 3.63) is 35.4 Å². The molecule has 0 aromatic heterocycles. The summed E-state index contributed by atoms with van der Waals surface area (Å²) in [7, 11) is 1.61. The summed E-state index contributed by atoms with van der Waals surface area (Å²) in [4.78, 5) is 11.2. The molecule has 98 valence electrons. The highest BCUT2D eigenvalue weighted by molar-refractivity contribution is 5.59. The molecule has 1 N–H and O–H groups in total. The Bertz CT molecular complexity index is 466. The van der Waals surface area contributed by atoms with E-state index in [0.717, 1.165) is 12.4 Å². The highest BCUT2D eigenvalue weighted by atomic mass is 19.2. The van der Waals surface area contributed by atoms with E-state index >= 15 is 0 Å². The summed E-state index contributed by atoms with van der Waals surface area (Å²) in [5.74, 6) is -2.42. The Balaban J connectivity index is 2.57. The zero-order chi connectivity index (χ0) is 13.3. The van der Waals surface area contributed by atoms with Gasteiger partial charge in [0, 0.05) is 5.56 Å². The van der Waals surface area contributed by atoms with Crippen molar-refractivity contribution < 1.29 is 18.3 Å². The average Bonchev–Trinajstić information content (AvgIpc) is 2.70. The van der Waals surface area contributed by atoms with Gasteiger partial charge in [0.15, 0.2) is 11.6 Å². The highest BCUT2D eigenvalue weighted by Gasteiger charge is 2.50. The van der Waals surface area contributed by atoms with Gasteiger partial charge in [0.1, 0.15) is 6.29 Å². The van der Waals surface area contributed by atoms with E-state index in [1.165, 1.54) is 12.1 Å². The Morgan fingerprint density at radius 3 is 2.83 bits per heavy atom. The lowest BCUT2D eigenvalue weighted by atomic mass is 9.78. The van der Waals surface area contributed by atoms with E-state index in [9.17, 15) is 13.6 Å². The first-order chi connectivity index (χ1) is 8.56. The number of nitrogens with one attached hydrogen (secondary N) is 1. The second-order valence-electron chi connectivity index (χ2n) is 4.50. The Morgan fingerprint density at radius 2 is 2.22 bits per heavy atom. The largest absolute Gasteiger partial charge is 0.375 e. The van der Waals surface area contributed by atoms with Crippen molar-refractivity contribution in [3.8, 4) is 0 Å². The van der Waals surface area contributed by atoms with Crippen LogP contribution < -0.4 is 5.32 Å². The van der Waals surface area contributed by atoms with Crippen molar-refractivity contribution >= 4 is 6.29 Å². The Hall–Kier alpha value is -1.33. The molecular formula is C13H15F2NO2. The zero-order valence-corrected chi connectivity index (χ0v) is 10.2. The number of hydrogen-bond acceptors (Lipinski definition) is 3. The molecule has 18 heavy (non-hydrogen) atoms. The molecule has 5 heteroatoms. The molecule has 1 fully saturated rings. The van der Waals surface area contributed by atoms with Gasteiger partial charge in [0.2, 0.25) is 0 Å². The average molecular weight is 255 g/mol. The minimum absolute atomic E-state index is 0.131. The predicted octanol–water partition coefficient (Wildman–Crippen LogP) is 1.61. The molecule has 1 aromatic carbocycles. The maximum atomic E-state index is 13.9. The van der Waals surface area contributed by atoms with E-state index in [1.807, 2.05) is 0 Å². The van der Waals surface area contributed by atoms with Crippen LogP contribution in [0.4, 0.5) is 8.78 Å². The van der Waals surface area contributed by atoms with Gasteiger partial charge in [0.05, 0.1) is 24.2 Å². The highest BCUT2D eigenvalue weighted by Crippen LogP contribution is 2.39. The fourth-order valence-electron chi connectivity index (χ4n) is 2.57. The van der Waals surface area contributed by atoms with E-state index in [4.69, 9.17) is 4.74 Å². The van der Waals surface area contributed by atoms with Gasteiger partial charge in [0.25, 0.3) is 0 Å². The van der Waals surface area contributed by atoms with Crippen LogP contribution in [0.25, 0.3) is 0 Å². The lowest BCUT2D eigenvalue weighted by Crippen LogP contribution is -2.48. The van der Waals surface area contributed by atoms with Crippen LogP contribution in [0.15, 0.2) is 18.2 Å². The van der Waals surface area contributed by atoms with E-state index < -0.39 is 23.1 Å². The van der Waals surface area contributed by atoms with Crippen LogP contribution in [0, 0.1) is 17.6 Å². The molecule has 3 atom stereocenters. The van der Waals surface area contributed by atoms with Crippen molar-refractivity contribution in [3.63, 3.8) is 0 Å². The molecule has 0 aliphatic carbocycles. The van der Waals surface area contributed by atoms with Gasteiger partial charge >= 0.3 is 0 Å².